The molecule has 0 aromatic carbocycles. The highest BCUT2D eigenvalue weighted by molar-refractivity contribution is 5.03. The highest BCUT2D eigenvalue weighted by atomic mass is 14.8. The minimum absolute atomic E-state index is 0.729. The van der Waals surface area contributed by atoms with Gasteiger partial charge in [-0.2, -0.15) is 0 Å². The van der Waals surface area contributed by atoms with Crippen molar-refractivity contribution in [2.24, 2.45) is 0 Å². The van der Waals surface area contributed by atoms with E-state index in [2.05, 4.69) is 16.9 Å². The number of nitrogens with zero attached hydrogens (tertiary/aromatic N) is 2. The van der Waals surface area contributed by atoms with Crippen LogP contribution in [0.15, 0.2) is 12.4 Å². The maximum Gasteiger partial charge on any atom is 0.0590 e. The van der Waals surface area contributed by atoms with Crippen LogP contribution in [0.25, 0.3) is 0 Å². The number of aryl methyl sites for hydroxylation is 1. The lowest BCUT2D eigenvalue weighted by Crippen LogP contribution is -1.89. The van der Waals surface area contributed by atoms with Gasteiger partial charge in [0, 0.05) is 12.4 Å². The minimum atomic E-state index is 0.729. The van der Waals surface area contributed by atoms with E-state index in [0.29, 0.717) is 0 Å². The van der Waals surface area contributed by atoms with E-state index in [9.17, 15) is 0 Å². The predicted molar refractivity (Wildman–Crippen MR) is 35.9 cm³/mol. The molecule has 0 saturated heterocycles. The van der Waals surface area contributed by atoms with Gasteiger partial charge in [0.15, 0.2) is 0 Å². The van der Waals surface area contributed by atoms with Crippen LogP contribution in [0, 0.1) is 6.92 Å². The maximum absolute atomic E-state index is 4.07. The summed E-state index contributed by atoms with van der Waals surface area (Å²) in [5, 5.41) is 0. The third-order valence-electron chi connectivity index (χ3n) is 1.12. The molecular weight excluding hydrogens is 112 g/mol. The number of hydrogen-bond donors (Lipinski definition) is 0. The lowest BCUT2D eigenvalue weighted by atomic mass is 10.3. The molecule has 0 N–H and O–H groups in total. The van der Waals surface area contributed by atoms with Crippen LogP contribution in [0.1, 0.15) is 18.3 Å². The van der Waals surface area contributed by atoms with Gasteiger partial charge >= 0.3 is 0 Å². The number of aromatic nitrogens is 2. The molecule has 0 spiro atoms. The molecule has 0 saturated carbocycles. The molecule has 0 unspecified atom stereocenters. The van der Waals surface area contributed by atoms with Crippen molar-refractivity contribution in [1.29, 1.82) is 0 Å². The van der Waals surface area contributed by atoms with Gasteiger partial charge in [0.1, 0.15) is 0 Å². The molecule has 1 rings (SSSR count). The molecule has 1 aromatic heterocycles. The summed E-state index contributed by atoms with van der Waals surface area (Å²) < 4.78 is 0. The van der Waals surface area contributed by atoms with Crippen molar-refractivity contribution in [3.05, 3.63) is 30.7 Å². The van der Waals surface area contributed by atoms with Crippen LogP contribution in [0.3, 0.4) is 0 Å². The average molecular weight is 121 g/mol. The van der Waals surface area contributed by atoms with Crippen molar-refractivity contribution in [3.63, 3.8) is 0 Å². The van der Waals surface area contributed by atoms with E-state index in [4.69, 9.17) is 0 Å². The van der Waals surface area contributed by atoms with E-state index in [1.807, 2.05) is 6.92 Å². The standard InChI is InChI=1S/C7H9N2/c1-3-7-5-8-6(2)4-9-7/h4-5H,2-3H2,1H3. The Hall–Kier alpha value is -0.920. The molecule has 0 aliphatic carbocycles. The molecule has 0 amide bonds. The molecular formula is C7H9N2. The molecule has 0 aliphatic heterocycles. The minimum Gasteiger partial charge on any atom is -0.258 e. The van der Waals surface area contributed by atoms with Gasteiger partial charge in [-0.1, -0.05) is 6.92 Å². The summed E-state index contributed by atoms with van der Waals surface area (Å²) in [5.41, 5.74) is 1.75. The van der Waals surface area contributed by atoms with Crippen LogP contribution in [0.5, 0.6) is 0 Å². The quantitative estimate of drug-likeness (QED) is 0.558. The van der Waals surface area contributed by atoms with Gasteiger partial charge in [0.05, 0.1) is 11.4 Å². The Bertz CT molecular complexity index is 179. The van der Waals surface area contributed by atoms with E-state index in [1.54, 1.807) is 12.4 Å². The summed E-state index contributed by atoms with van der Waals surface area (Å²) in [4.78, 5) is 8.05. The van der Waals surface area contributed by atoms with Gasteiger partial charge < -0.3 is 0 Å². The van der Waals surface area contributed by atoms with Crippen LogP contribution in [0.2, 0.25) is 0 Å². The maximum atomic E-state index is 4.07. The van der Waals surface area contributed by atoms with Crippen LogP contribution < -0.4 is 0 Å². The van der Waals surface area contributed by atoms with E-state index >= 15 is 0 Å². The summed E-state index contributed by atoms with van der Waals surface area (Å²) in [6, 6.07) is 0. The van der Waals surface area contributed by atoms with E-state index in [-0.39, 0.29) is 0 Å². The topological polar surface area (TPSA) is 25.8 Å². The van der Waals surface area contributed by atoms with Gasteiger partial charge in [-0.05, 0) is 13.3 Å². The Morgan fingerprint density at radius 2 is 2.22 bits per heavy atom. The highest BCUT2D eigenvalue weighted by Crippen LogP contribution is 1.92. The van der Waals surface area contributed by atoms with E-state index < -0.39 is 0 Å². The van der Waals surface area contributed by atoms with Gasteiger partial charge in [-0.3, -0.25) is 9.97 Å². The normalized spacial score (nSPS) is 9.56. The first-order chi connectivity index (χ1) is 4.33. The summed E-state index contributed by atoms with van der Waals surface area (Å²) in [6.07, 6.45) is 4.37. The van der Waals surface area contributed by atoms with E-state index in [1.165, 1.54) is 0 Å². The predicted octanol–water partition coefficient (Wildman–Crippen LogP) is 1.22. The van der Waals surface area contributed by atoms with Crippen LogP contribution in [-0.2, 0) is 6.42 Å². The molecule has 1 radical (unpaired) electrons. The summed E-state index contributed by atoms with van der Waals surface area (Å²) in [5.74, 6) is 0. The van der Waals surface area contributed by atoms with Crippen molar-refractivity contribution in [2.45, 2.75) is 13.3 Å². The molecule has 1 heterocycles. The van der Waals surface area contributed by atoms with Crippen molar-refractivity contribution in [2.75, 3.05) is 0 Å². The van der Waals surface area contributed by atoms with Crippen molar-refractivity contribution >= 4 is 0 Å². The third-order valence-corrected chi connectivity index (χ3v) is 1.12. The molecule has 0 aliphatic rings. The first-order valence-corrected chi connectivity index (χ1v) is 2.96. The second kappa shape index (κ2) is 2.58. The zero-order valence-electron chi connectivity index (χ0n) is 5.46. The lowest BCUT2D eigenvalue weighted by Gasteiger charge is -1.92. The first kappa shape index (κ1) is 6.20. The van der Waals surface area contributed by atoms with Crippen LogP contribution >= 0.6 is 0 Å². The molecule has 9 heavy (non-hydrogen) atoms. The smallest absolute Gasteiger partial charge is 0.0590 e. The second-order valence-electron chi connectivity index (χ2n) is 1.85. The van der Waals surface area contributed by atoms with E-state index in [0.717, 1.165) is 17.8 Å². The Morgan fingerprint density at radius 1 is 1.44 bits per heavy atom. The van der Waals surface area contributed by atoms with Crippen molar-refractivity contribution in [3.8, 4) is 0 Å². The van der Waals surface area contributed by atoms with Crippen molar-refractivity contribution in [1.82, 2.24) is 9.97 Å². The summed E-state index contributed by atoms with van der Waals surface area (Å²) in [6.45, 7) is 5.67. The molecule has 2 heteroatoms. The molecule has 0 bridgehead atoms. The third kappa shape index (κ3) is 1.49. The Kier molecular flexibility index (Phi) is 1.78. The fourth-order valence-corrected chi connectivity index (χ4v) is 0.564. The van der Waals surface area contributed by atoms with Crippen LogP contribution in [0.4, 0.5) is 0 Å². The summed E-state index contributed by atoms with van der Waals surface area (Å²) >= 11 is 0. The highest BCUT2D eigenvalue weighted by Gasteiger charge is 1.87. The van der Waals surface area contributed by atoms with Gasteiger partial charge in [0.2, 0.25) is 0 Å². The average Bonchev–Trinajstić information content (AvgIpc) is 1.90. The molecule has 0 atom stereocenters. The Labute approximate surface area is 55.0 Å². The largest absolute Gasteiger partial charge is 0.258 e. The molecule has 1 aromatic rings. The fraction of sp³-hybridized carbons (Fsp3) is 0.286. The summed E-state index contributed by atoms with van der Waals surface area (Å²) in [7, 11) is 0. The van der Waals surface area contributed by atoms with Crippen molar-refractivity contribution < 1.29 is 0 Å². The number of rotatable bonds is 1. The van der Waals surface area contributed by atoms with Gasteiger partial charge in [-0.25, -0.2) is 0 Å². The molecule has 2 nitrogen and oxygen atoms in total. The monoisotopic (exact) mass is 121 g/mol. The van der Waals surface area contributed by atoms with Gasteiger partial charge in [-0.15, -0.1) is 0 Å². The number of hydrogen-bond acceptors (Lipinski definition) is 2. The Balaban J connectivity index is 2.88. The zero-order valence-corrected chi connectivity index (χ0v) is 5.46. The second-order valence-corrected chi connectivity index (χ2v) is 1.85. The fourth-order valence-electron chi connectivity index (χ4n) is 0.564. The molecule has 0 fully saturated rings. The first-order valence-electron chi connectivity index (χ1n) is 2.96. The van der Waals surface area contributed by atoms with Gasteiger partial charge in [0.25, 0.3) is 0 Å². The van der Waals surface area contributed by atoms with Crippen LogP contribution in [-0.4, -0.2) is 9.97 Å². The SMILES string of the molecule is [CH2]c1cnc(CC)cn1. The zero-order chi connectivity index (χ0) is 6.69. The Morgan fingerprint density at radius 3 is 2.67 bits per heavy atom. The lowest BCUT2D eigenvalue weighted by molar-refractivity contribution is 0.989. The molecule has 47 valence electrons.